The van der Waals surface area contributed by atoms with E-state index in [9.17, 15) is 0 Å². The number of hydrogen-bond acceptors (Lipinski definition) is 0. The van der Waals surface area contributed by atoms with Crippen LogP contribution in [0.5, 0.6) is 0 Å². The van der Waals surface area contributed by atoms with Gasteiger partial charge in [0.2, 0.25) is 0 Å². The predicted octanol–water partition coefficient (Wildman–Crippen LogP) is 11.0. The Hall–Kier alpha value is 2.10. The van der Waals surface area contributed by atoms with Gasteiger partial charge in [0.1, 0.15) is 0 Å². The molecule has 0 aromatic carbocycles. The van der Waals surface area contributed by atoms with Crippen molar-refractivity contribution in [1.82, 2.24) is 0 Å². The zero-order valence-corrected chi connectivity index (χ0v) is 25.4. The van der Waals surface area contributed by atoms with E-state index in [0.29, 0.717) is 15.8 Å². The third kappa shape index (κ3) is 9.87. The summed E-state index contributed by atoms with van der Waals surface area (Å²) in [6.07, 6.45) is 36.6. The molecule has 4 rings (SSSR count). The van der Waals surface area contributed by atoms with Gasteiger partial charge in [0, 0.05) is 0 Å². The fourth-order valence-electron chi connectivity index (χ4n) is 7.41. The molecular weight excluding hydrogens is 564 g/mol. The quantitative estimate of drug-likeness (QED) is 0.189. The molecule has 192 valence electrons. The molecule has 4 fully saturated rings. The summed E-state index contributed by atoms with van der Waals surface area (Å²) in [4.78, 5) is 0. The Morgan fingerprint density at radius 2 is 0.656 bits per heavy atom. The van der Waals surface area contributed by atoms with Gasteiger partial charge in [-0.15, -0.1) is 15.8 Å². The van der Waals surface area contributed by atoms with E-state index in [1.54, 1.807) is 147 Å². The third-order valence-electron chi connectivity index (χ3n) is 9.01. The van der Waals surface area contributed by atoms with Gasteiger partial charge in [-0.05, 0) is 92.7 Å². The molecule has 0 unspecified atom stereocenters. The Bertz CT molecular complexity index is 381. The van der Waals surface area contributed by atoms with Gasteiger partial charge < -0.3 is 0 Å². The van der Waals surface area contributed by atoms with Crippen LogP contribution in [0.3, 0.4) is 0 Å². The monoisotopic (exact) mass is 612 g/mol. The molecule has 4 aliphatic carbocycles. The van der Waals surface area contributed by atoms with Crippen LogP contribution in [-0.2, 0) is 15.9 Å². The van der Waals surface area contributed by atoms with E-state index in [1.807, 2.05) is 0 Å². The van der Waals surface area contributed by atoms with Crippen molar-refractivity contribution < 1.29 is 15.9 Å². The molecule has 0 bridgehead atoms. The van der Waals surface area contributed by atoms with E-state index in [1.165, 1.54) is 22.6 Å². The van der Waals surface area contributed by atoms with E-state index >= 15 is 0 Å². The fourth-order valence-corrected chi connectivity index (χ4v) is 15.5. The molecule has 0 aromatic rings. The van der Waals surface area contributed by atoms with E-state index in [0.717, 1.165) is 0 Å². The van der Waals surface area contributed by atoms with Crippen molar-refractivity contribution in [3.8, 4) is 0 Å². The minimum absolute atomic E-state index is 0.106. The average molecular weight is 614 g/mol. The van der Waals surface area contributed by atoms with Crippen LogP contribution < -0.4 is 0 Å². The van der Waals surface area contributed by atoms with Crippen molar-refractivity contribution in [1.29, 1.82) is 0 Å². The van der Waals surface area contributed by atoms with Crippen LogP contribution >= 0.6 is 34.9 Å². The molecule has 0 heterocycles. The van der Waals surface area contributed by atoms with Gasteiger partial charge in [-0.2, -0.15) is 0 Å². The third-order valence-corrected chi connectivity index (χ3v) is 16.5. The molecule has 0 saturated heterocycles. The van der Waals surface area contributed by atoms with Crippen LogP contribution in [0, 0.1) is 0 Å². The predicted molar refractivity (Wildman–Crippen MR) is 147 cm³/mol. The molecule has 32 heavy (non-hydrogen) atoms. The van der Waals surface area contributed by atoms with Gasteiger partial charge in [-0.3, -0.25) is 0 Å². The van der Waals surface area contributed by atoms with Crippen molar-refractivity contribution in [2.45, 2.75) is 157 Å². The molecule has 0 aliphatic heterocycles. The summed E-state index contributed by atoms with van der Waals surface area (Å²) >= 11 is -0.106. The standard InChI is InChI=1S/C27H50P2.2ClH.Pd/c1-5-14-24(15-6-1)28(25-16-7-2-8-17-25)22-13-23-29(26-18-9-3-10-19-26)27-20-11-4-12-21-27;;;/h24-27H,1-23H2;2*1H;/q;;;+2/p-2. The van der Waals surface area contributed by atoms with Gasteiger partial charge in [-0.1, -0.05) is 77.0 Å². The summed E-state index contributed by atoms with van der Waals surface area (Å²) in [5.41, 5.74) is 4.71. The maximum atomic E-state index is 4.81. The van der Waals surface area contributed by atoms with Crippen molar-refractivity contribution >= 4 is 34.9 Å². The molecule has 0 spiro atoms. The topological polar surface area (TPSA) is 0 Å². The van der Waals surface area contributed by atoms with E-state index in [4.69, 9.17) is 19.1 Å². The Labute approximate surface area is 219 Å². The second kappa shape index (κ2) is 17.5. The SMILES string of the molecule is C1CCC(P(CCCP(C2CCCCC2)C2CCCCC2)C2CCCCC2)CC1.[Cl][Pd][Cl]. The molecule has 4 aliphatic rings. The summed E-state index contributed by atoms with van der Waals surface area (Å²) in [5, 5.41) is 0. The Morgan fingerprint density at radius 3 is 0.875 bits per heavy atom. The van der Waals surface area contributed by atoms with Crippen molar-refractivity contribution in [2.24, 2.45) is 0 Å². The van der Waals surface area contributed by atoms with Gasteiger partial charge >= 0.3 is 35.0 Å². The zero-order chi connectivity index (χ0) is 22.4. The molecule has 0 radical (unpaired) electrons. The molecule has 4 saturated carbocycles. The molecule has 0 nitrogen and oxygen atoms in total. The molecule has 0 atom stereocenters. The van der Waals surface area contributed by atoms with E-state index in [2.05, 4.69) is 0 Å². The molecular formula is C27H50Cl2P2Pd. The summed E-state index contributed by atoms with van der Waals surface area (Å²) in [5.74, 6) is 0. The molecule has 0 amide bonds. The zero-order valence-electron chi connectivity index (χ0n) is 20.5. The van der Waals surface area contributed by atoms with Crippen LogP contribution in [0.4, 0.5) is 0 Å². The average Bonchev–Trinajstić information content (AvgIpc) is 2.87. The van der Waals surface area contributed by atoms with Crippen LogP contribution in [0.15, 0.2) is 0 Å². The van der Waals surface area contributed by atoms with Crippen molar-refractivity contribution in [3.63, 3.8) is 0 Å². The second-order valence-electron chi connectivity index (χ2n) is 11.0. The number of rotatable bonds is 8. The number of halogens is 2. The van der Waals surface area contributed by atoms with Crippen molar-refractivity contribution in [2.75, 3.05) is 12.3 Å². The fraction of sp³-hybridized carbons (Fsp3) is 1.00. The minimum atomic E-state index is -0.106. The summed E-state index contributed by atoms with van der Waals surface area (Å²) in [6.45, 7) is 0. The van der Waals surface area contributed by atoms with E-state index in [-0.39, 0.29) is 15.9 Å². The summed E-state index contributed by atoms with van der Waals surface area (Å²) in [7, 11) is 10.3. The van der Waals surface area contributed by atoms with Gasteiger partial charge in [0.15, 0.2) is 0 Å². The van der Waals surface area contributed by atoms with Gasteiger partial charge in [-0.25, -0.2) is 0 Å². The Kier molecular flexibility index (Phi) is 15.7. The van der Waals surface area contributed by atoms with E-state index < -0.39 is 0 Å². The van der Waals surface area contributed by atoms with Crippen LogP contribution in [0.25, 0.3) is 0 Å². The van der Waals surface area contributed by atoms with Crippen molar-refractivity contribution in [3.05, 3.63) is 0 Å². The van der Waals surface area contributed by atoms with Crippen LogP contribution in [0.2, 0.25) is 0 Å². The Balaban J connectivity index is 0.000000913. The first kappa shape index (κ1) is 28.7. The Morgan fingerprint density at radius 1 is 0.438 bits per heavy atom. The maximum absolute atomic E-state index is 4.81. The molecule has 5 heteroatoms. The molecule has 0 N–H and O–H groups in total. The molecule has 0 aromatic heterocycles. The first-order valence-corrected chi connectivity index (χ1v) is 21.5. The summed E-state index contributed by atoms with van der Waals surface area (Å²) in [6, 6.07) is 0. The first-order chi connectivity index (χ1) is 15.8. The van der Waals surface area contributed by atoms with Crippen LogP contribution in [0.1, 0.15) is 135 Å². The normalized spacial score (nSPS) is 25.2. The van der Waals surface area contributed by atoms with Gasteiger partial charge in [0.05, 0.1) is 0 Å². The van der Waals surface area contributed by atoms with Crippen LogP contribution in [-0.4, -0.2) is 35.0 Å². The summed E-state index contributed by atoms with van der Waals surface area (Å²) < 4.78 is 0. The van der Waals surface area contributed by atoms with Gasteiger partial charge in [0.25, 0.3) is 0 Å². The number of hydrogen-bond donors (Lipinski definition) is 0. The first-order valence-electron chi connectivity index (χ1n) is 14.2. The second-order valence-corrected chi connectivity index (χ2v) is 19.3.